The van der Waals surface area contributed by atoms with Crippen LogP contribution in [0.4, 0.5) is 10.5 Å². The summed E-state index contributed by atoms with van der Waals surface area (Å²) in [6.45, 7) is 5.65. The number of amides is 3. The lowest BCUT2D eigenvalue weighted by Gasteiger charge is -2.13. The number of nitrogens with one attached hydrogen (secondary N) is 1. The number of benzene rings is 2. The van der Waals surface area contributed by atoms with E-state index in [4.69, 9.17) is 4.74 Å². The van der Waals surface area contributed by atoms with Crippen LogP contribution in [0.1, 0.15) is 23.6 Å². The first-order valence-corrected chi connectivity index (χ1v) is 10.2. The first-order chi connectivity index (χ1) is 14.3. The van der Waals surface area contributed by atoms with Crippen molar-refractivity contribution in [1.29, 1.82) is 0 Å². The Bertz CT molecular complexity index is 1030. The van der Waals surface area contributed by atoms with Gasteiger partial charge in [0.05, 0.1) is 11.5 Å². The molecule has 0 spiro atoms. The first-order valence-electron chi connectivity index (χ1n) is 9.36. The van der Waals surface area contributed by atoms with Crippen LogP contribution in [0.15, 0.2) is 41.3 Å². The maximum Gasteiger partial charge on any atom is 0.294 e. The average Bonchev–Trinajstić information content (AvgIpc) is 2.91. The van der Waals surface area contributed by atoms with Crippen LogP contribution in [-0.4, -0.2) is 40.2 Å². The van der Waals surface area contributed by atoms with Crippen molar-refractivity contribution in [3.8, 4) is 11.5 Å². The summed E-state index contributed by atoms with van der Waals surface area (Å²) in [6, 6.07) is 10.3. The quantitative estimate of drug-likeness (QED) is 0.676. The molecule has 0 radical (unpaired) electrons. The SMILES string of the molecule is CCOc1cc(/C=C2/SC(=O)N(CC(=O)Nc3cc(C)cc(C)c3)C2=O)ccc1O. The molecule has 1 saturated heterocycles. The number of carbonyl (C=O) groups excluding carboxylic acids is 3. The molecule has 0 aromatic heterocycles. The van der Waals surface area contributed by atoms with Gasteiger partial charge in [0.15, 0.2) is 11.5 Å². The number of aryl methyl sites for hydroxylation is 2. The number of thioether (sulfide) groups is 1. The van der Waals surface area contributed by atoms with Crippen molar-refractivity contribution >= 4 is 40.6 Å². The number of imide groups is 1. The highest BCUT2D eigenvalue weighted by molar-refractivity contribution is 8.18. The van der Waals surface area contributed by atoms with Crippen LogP contribution in [0, 0.1) is 13.8 Å². The van der Waals surface area contributed by atoms with E-state index >= 15 is 0 Å². The summed E-state index contributed by atoms with van der Waals surface area (Å²) in [4.78, 5) is 38.4. The standard InChI is InChI=1S/C22H22N2O5S/c1-4-29-18-10-15(5-6-17(18)25)11-19-21(27)24(22(28)30-19)12-20(26)23-16-8-13(2)7-14(3)9-16/h5-11,25H,4,12H2,1-3H3,(H,23,26)/b19-11+. The third-order valence-corrected chi connectivity index (χ3v) is 5.17. The fraction of sp³-hybridized carbons (Fsp3) is 0.227. The zero-order valence-electron chi connectivity index (χ0n) is 16.9. The molecule has 3 rings (SSSR count). The molecule has 1 fully saturated rings. The second kappa shape index (κ2) is 9.04. The third-order valence-electron chi connectivity index (χ3n) is 4.26. The van der Waals surface area contributed by atoms with Crippen molar-refractivity contribution < 1.29 is 24.2 Å². The minimum Gasteiger partial charge on any atom is -0.504 e. The molecule has 1 heterocycles. The molecular formula is C22H22N2O5S. The molecule has 2 aromatic carbocycles. The molecule has 30 heavy (non-hydrogen) atoms. The number of anilines is 1. The number of phenolic OH excluding ortho intramolecular Hbond substituents is 1. The Morgan fingerprint density at radius 2 is 1.87 bits per heavy atom. The predicted octanol–water partition coefficient (Wildman–Crippen LogP) is 4.08. The smallest absolute Gasteiger partial charge is 0.294 e. The van der Waals surface area contributed by atoms with Crippen molar-refractivity contribution in [2.24, 2.45) is 0 Å². The second-order valence-electron chi connectivity index (χ2n) is 6.85. The van der Waals surface area contributed by atoms with E-state index in [1.807, 2.05) is 32.0 Å². The summed E-state index contributed by atoms with van der Waals surface area (Å²) in [5, 5.41) is 12.0. The van der Waals surface area contributed by atoms with E-state index in [9.17, 15) is 19.5 Å². The van der Waals surface area contributed by atoms with E-state index in [0.717, 1.165) is 27.8 Å². The number of carbonyl (C=O) groups is 3. The molecule has 2 N–H and O–H groups in total. The molecule has 2 aromatic rings. The molecule has 0 unspecified atom stereocenters. The Morgan fingerprint density at radius 3 is 2.53 bits per heavy atom. The minimum atomic E-state index is -0.536. The van der Waals surface area contributed by atoms with Crippen LogP contribution in [0.25, 0.3) is 6.08 Å². The highest BCUT2D eigenvalue weighted by atomic mass is 32.2. The molecule has 0 atom stereocenters. The Hall–Kier alpha value is -3.26. The summed E-state index contributed by atoms with van der Waals surface area (Å²) >= 11 is 0.768. The van der Waals surface area contributed by atoms with E-state index in [1.165, 1.54) is 12.1 Å². The molecule has 0 aliphatic carbocycles. The monoisotopic (exact) mass is 426 g/mol. The summed E-state index contributed by atoms with van der Waals surface area (Å²) < 4.78 is 5.34. The Morgan fingerprint density at radius 1 is 1.17 bits per heavy atom. The molecular weight excluding hydrogens is 404 g/mol. The van der Waals surface area contributed by atoms with Gasteiger partial charge in [-0.05, 0) is 79.6 Å². The second-order valence-corrected chi connectivity index (χ2v) is 7.85. The molecule has 7 nitrogen and oxygen atoms in total. The summed E-state index contributed by atoms with van der Waals surface area (Å²) in [6.07, 6.45) is 1.54. The van der Waals surface area contributed by atoms with Crippen molar-refractivity contribution in [1.82, 2.24) is 4.90 Å². The Kier molecular flexibility index (Phi) is 6.47. The fourth-order valence-electron chi connectivity index (χ4n) is 3.07. The predicted molar refractivity (Wildman–Crippen MR) is 116 cm³/mol. The van der Waals surface area contributed by atoms with E-state index in [0.29, 0.717) is 23.6 Å². The lowest BCUT2D eigenvalue weighted by Crippen LogP contribution is -2.36. The number of nitrogens with zero attached hydrogens (tertiary/aromatic N) is 1. The van der Waals surface area contributed by atoms with Crippen LogP contribution in [0.2, 0.25) is 0 Å². The van der Waals surface area contributed by atoms with Gasteiger partial charge in [0, 0.05) is 5.69 Å². The summed E-state index contributed by atoms with van der Waals surface area (Å²) in [5.41, 5.74) is 3.22. The van der Waals surface area contributed by atoms with Crippen LogP contribution in [0.5, 0.6) is 11.5 Å². The lowest BCUT2D eigenvalue weighted by atomic mass is 10.1. The molecule has 156 valence electrons. The summed E-state index contributed by atoms with van der Waals surface area (Å²) in [5.74, 6) is -0.707. The van der Waals surface area contributed by atoms with Crippen molar-refractivity contribution in [3.63, 3.8) is 0 Å². The highest BCUT2D eigenvalue weighted by Gasteiger charge is 2.36. The average molecular weight is 426 g/mol. The molecule has 1 aliphatic heterocycles. The van der Waals surface area contributed by atoms with Crippen LogP contribution < -0.4 is 10.1 Å². The van der Waals surface area contributed by atoms with Gasteiger partial charge in [-0.1, -0.05) is 12.1 Å². The van der Waals surface area contributed by atoms with E-state index in [2.05, 4.69) is 5.32 Å². The number of rotatable bonds is 6. The molecule has 0 saturated carbocycles. The number of hydrogen-bond acceptors (Lipinski definition) is 6. The van der Waals surface area contributed by atoms with E-state index in [-0.39, 0.29) is 17.2 Å². The topological polar surface area (TPSA) is 95.9 Å². The van der Waals surface area contributed by atoms with Gasteiger partial charge in [-0.3, -0.25) is 19.3 Å². The van der Waals surface area contributed by atoms with E-state index < -0.39 is 17.1 Å². The maximum absolute atomic E-state index is 12.6. The molecule has 3 amide bonds. The lowest BCUT2D eigenvalue weighted by molar-refractivity contribution is -0.127. The van der Waals surface area contributed by atoms with Crippen LogP contribution in [-0.2, 0) is 9.59 Å². The normalized spacial score (nSPS) is 15.0. The third kappa shape index (κ3) is 5.01. The van der Waals surface area contributed by atoms with E-state index in [1.54, 1.807) is 19.1 Å². The van der Waals surface area contributed by atoms with Crippen molar-refractivity contribution in [2.75, 3.05) is 18.5 Å². The van der Waals surface area contributed by atoms with Gasteiger partial charge < -0.3 is 15.2 Å². The van der Waals surface area contributed by atoms with Gasteiger partial charge in [0.1, 0.15) is 6.54 Å². The van der Waals surface area contributed by atoms with Gasteiger partial charge in [0.2, 0.25) is 5.91 Å². The molecule has 8 heteroatoms. The van der Waals surface area contributed by atoms with Gasteiger partial charge >= 0.3 is 0 Å². The Labute approximate surface area is 178 Å². The highest BCUT2D eigenvalue weighted by Crippen LogP contribution is 2.34. The number of ether oxygens (including phenoxy) is 1. The van der Waals surface area contributed by atoms with Gasteiger partial charge in [-0.2, -0.15) is 0 Å². The molecule has 1 aliphatic rings. The maximum atomic E-state index is 12.6. The first kappa shape index (κ1) is 21.4. The van der Waals surface area contributed by atoms with Gasteiger partial charge in [-0.15, -0.1) is 0 Å². The van der Waals surface area contributed by atoms with Crippen LogP contribution in [0.3, 0.4) is 0 Å². The van der Waals surface area contributed by atoms with Gasteiger partial charge in [-0.25, -0.2) is 0 Å². The zero-order valence-corrected chi connectivity index (χ0v) is 17.7. The minimum absolute atomic E-state index is 0.00911. The van der Waals surface area contributed by atoms with Crippen molar-refractivity contribution in [3.05, 3.63) is 58.0 Å². The van der Waals surface area contributed by atoms with Gasteiger partial charge in [0.25, 0.3) is 11.1 Å². The number of hydrogen-bond donors (Lipinski definition) is 2. The summed E-state index contributed by atoms with van der Waals surface area (Å²) in [7, 11) is 0. The zero-order chi connectivity index (χ0) is 21.8. The number of phenols is 1. The molecule has 0 bridgehead atoms. The fourth-order valence-corrected chi connectivity index (χ4v) is 3.91. The van der Waals surface area contributed by atoms with Crippen molar-refractivity contribution in [2.45, 2.75) is 20.8 Å². The number of aromatic hydroxyl groups is 1. The Balaban J connectivity index is 1.72. The largest absolute Gasteiger partial charge is 0.504 e. The van der Waals surface area contributed by atoms with Crippen LogP contribution >= 0.6 is 11.8 Å².